The highest BCUT2D eigenvalue weighted by Gasteiger charge is 2.05. The van der Waals surface area contributed by atoms with E-state index in [1.807, 2.05) is 0 Å². The molecule has 2 aromatic rings. The van der Waals surface area contributed by atoms with Crippen molar-refractivity contribution in [2.75, 3.05) is 5.32 Å². The molecule has 0 saturated heterocycles. The number of nitrogens with one attached hydrogen (secondary N) is 1. The summed E-state index contributed by atoms with van der Waals surface area (Å²) in [5, 5.41) is 2.68. The van der Waals surface area contributed by atoms with Crippen molar-refractivity contribution in [1.82, 2.24) is 15.0 Å². The van der Waals surface area contributed by atoms with Gasteiger partial charge in [0.05, 0.1) is 17.4 Å². The quantitative estimate of drug-likeness (QED) is 0.788. The van der Waals surface area contributed by atoms with Crippen LogP contribution in [0.4, 0.5) is 5.69 Å². The molecule has 0 aliphatic rings. The molecule has 5 heteroatoms. The second kappa shape index (κ2) is 4.28. The van der Waals surface area contributed by atoms with Gasteiger partial charge in [-0.15, -0.1) is 0 Å². The van der Waals surface area contributed by atoms with E-state index in [1.165, 1.54) is 18.7 Å². The molecule has 74 valence electrons. The number of rotatable bonds is 2. The molecule has 1 N–H and O–H groups in total. The van der Waals surface area contributed by atoms with E-state index in [9.17, 15) is 4.79 Å². The molecule has 0 unspecified atom stereocenters. The molecule has 2 rings (SSSR count). The van der Waals surface area contributed by atoms with Gasteiger partial charge >= 0.3 is 0 Å². The van der Waals surface area contributed by atoms with Crippen LogP contribution < -0.4 is 5.32 Å². The normalized spacial score (nSPS) is 9.60. The first-order chi connectivity index (χ1) is 7.36. The third kappa shape index (κ3) is 2.34. The van der Waals surface area contributed by atoms with Crippen LogP contribution >= 0.6 is 0 Å². The van der Waals surface area contributed by atoms with Crippen LogP contribution in [0.3, 0.4) is 0 Å². The summed E-state index contributed by atoms with van der Waals surface area (Å²) in [6.07, 6.45) is 7.50. The predicted octanol–water partition coefficient (Wildman–Crippen LogP) is 1.12. The molecule has 2 aromatic heterocycles. The molecule has 0 radical (unpaired) electrons. The summed E-state index contributed by atoms with van der Waals surface area (Å²) >= 11 is 0. The van der Waals surface area contributed by atoms with Crippen LogP contribution in [0.2, 0.25) is 0 Å². The van der Waals surface area contributed by atoms with Crippen molar-refractivity contribution in [3.05, 3.63) is 48.8 Å². The number of anilines is 1. The van der Waals surface area contributed by atoms with Gasteiger partial charge in [-0.1, -0.05) is 0 Å². The maximum absolute atomic E-state index is 11.6. The van der Waals surface area contributed by atoms with Gasteiger partial charge in [0, 0.05) is 18.6 Å². The Bertz CT molecular complexity index is 443. The molecule has 1 amide bonds. The molecular formula is C10H8N4O. The van der Waals surface area contributed by atoms with Gasteiger partial charge in [-0.05, 0) is 12.1 Å². The van der Waals surface area contributed by atoms with Crippen molar-refractivity contribution in [2.24, 2.45) is 0 Å². The van der Waals surface area contributed by atoms with Gasteiger partial charge in [-0.3, -0.25) is 9.78 Å². The number of nitrogens with zero attached hydrogens (tertiary/aromatic N) is 3. The smallest absolute Gasteiger partial charge is 0.258 e. The van der Waals surface area contributed by atoms with Gasteiger partial charge in [0.2, 0.25) is 0 Å². The fraction of sp³-hybridized carbons (Fsp3) is 0. The molecule has 0 bridgehead atoms. The Morgan fingerprint density at radius 2 is 1.93 bits per heavy atom. The van der Waals surface area contributed by atoms with Gasteiger partial charge < -0.3 is 5.32 Å². The molecule has 0 aliphatic heterocycles. The maximum atomic E-state index is 11.6. The van der Waals surface area contributed by atoms with Crippen LogP contribution in [0, 0.1) is 0 Å². The fourth-order valence-corrected chi connectivity index (χ4v) is 1.06. The van der Waals surface area contributed by atoms with Gasteiger partial charge in [0.1, 0.15) is 6.33 Å². The Kier molecular flexibility index (Phi) is 2.64. The van der Waals surface area contributed by atoms with E-state index in [0.717, 1.165) is 0 Å². The highest BCUT2D eigenvalue weighted by Crippen LogP contribution is 2.05. The topological polar surface area (TPSA) is 67.8 Å². The molecule has 0 atom stereocenters. The molecule has 2 heterocycles. The molecule has 15 heavy (non-hydrogen) atoms. The van der Waals surface area contributed by atoms with Crippen LogP contribution in [0.25, 0.3) is 0 Å². The van der Waals surface area contributed by atoms with Gasteiger partial charge in [-0.25, -0.2) is 9.97 Å². The summed E-state index contributed by atoms with van der Waals surface area (Å²) in [6, 6.07) is 3.51. The molecular weight excluding hydrogens is 192 g/mol. The van der Waals surface area contributed by atoms with Gasteiger partial charge in [0.25, 0.3) is 5.91 Å². The van der Waals surface area contributed by atoms with E-state index in [0.29, 0.717) is 11.3 Å². The van der Waals surface area contributed by atoms with Crippen molar-refractivity contribution < 1.29 is 4.79 Å². The van der Waals surface area contributed by atoms with E-state index in [4.69, 9.17) is 0 Å². The lowest BCUT2D eigenvalue weighted by atomic mass is 10.3. The van der Waals surface area contributed by atoms with Crippen molar-refractivity contribution >= 4 is 11.6 Å². The summed E-state index contributed by atoms with van der Waals surface area (Å²) in [5.74, 6) is -0.247. The second-order valence-electron chi connectivity index (χ2n) is 2.82. The summed E-state index contributed by atoms with van der Waals surface area (Å²) in [6.45, 7) is 0. The SMILES string of the molecule is O=C(Nc1cccnc1)c1cncnc1. The average molecular weight is 200 g/mol. The summed E-state index contributed by atoms with van der Waals surface area (Å²) in [4.78, 5) is 23.0. The first-order valence-electron chi connectivity index (χ1n) is 4.32. The van der Waals surface area contributed by atoms with E-state index in [2.05, 4.69) is 20.3 Å². The fourth-order valence-electron chi connectivity index (χ4n) is 1.06. The van der Waals surface area contributed by atoms with E-state index in [1.54, 1.807) is 24.5 Å². The lowest BCUT2D eigenvalue weighted by Gasteiger charge is -2.02. The number of pyridine rings is 1. The number of carbonyl (C=O) groups excluding carboxylic acids is 1. The van der Waals surface area contributed by atoms with Crippen molar-refractivity contribution in [1.29, 1.82) is 0 Å². The van der Waals surface area contributed by atoms with Crippen molar-refractivity contribution in [3.63, 3.8) is 0 Å². The zero-order chi connectivity index (χ0) is 10.5. The largest absolute Gasteiger partial charge is 0.320 e. The number of carbonyl (C=O) groups is 1. The van der Waals surface area contributed by atoms with Crippen LogP contribution in [0.1, 0.15) is 10.4 Å². The summed E-state index contributed by atoms with van der Waals surface area (Å²) < 4.78 is 0. The highest BCUT2D eigenvalue weighted by atomic mass is 16.1. The molecule has 0 spiro atoms. The van der Waals surface area contributed by atoms with Crippen molar-refractivity contribution in [3.8, 4) is 0 Å². The Labute approximate surface area is 86.2 Å². The summed E-state index contributed by atoms with van der Waals surface area (Å²) in [5.41, 5.74) is 1.06. The number of hydrogen-bond donors (Lipinski definition) is 1. The van der Waals surface area contributed by atoms with Gasteiger partial charge in [-0.2, -0.15) is 0 Å². The Hall–Kier alpha value is -2.30. The Morgan fingerprint density at radius 1 is 1.13 bits per heavy atom. The van der Waals surface area contributed by atoms with E-state index < -0.39 is 0 Å². The average Bonchev–Trinajstić information content (AvgIpc) is 2.31. The molecule has 5 nitrogen and oxygen atoms in total. The Balaban J connectivity index is 2.12. The zero-order valence-electron chi connectivity index (χ0n) is 7.79. The van der Waals surface area contributed by atoms with E-state index in [-0.39, 0.29) is 5.91 Å². The lowest BCUT2D eigenvalue weighted by molar-refractivity contribution is 0.102. The van der Waals surface area contributed by atoms with Crippen LogP contribution in [0.5, 0.6) is 0 Å². The highest BCUT2D eigenvalue weighted by molar-refractivity contribution is 6.03. The third-order valence-corrected chi connectivity index (χ3v) is 1.74. The predicted molar refractivity (Wildman–Crippen MR) is 54.2 cm³/mol. The molecule has 0 aromatic carbocycles. The first-order valence-corrected chi connectivity index (χ1v) is 4.32. The van der Waals surface area contributed by atoms with Crippen molar-refractivity contribution in [2.45, 2.75) is 0 Å². The standard InChI is InChI=1S/C10H8N4O/c15-10(8-4-12-7-13-5-8)14-9-2-1-3-11-6-9/h1-7H,(H,14,15). The first kappa shape index (κ1) is 9.26. The second-order valence-corrected chi connectivity index (χ2v) is 2.82. The number of aromatic nitrogens is 3. The molecule has 0 aliphatic carbocycles. The van der Waals surface area contributed by atoms with Crippen LogP contribution in [-0.4, -0.2) is 20.9 Å². The summed E-state index contributed by atoms with van der Waals surface area (Å²) in [7, 11) is 0. The van der Waals surface area contributed by atoms with Crippen LogP contribution in [-0.2, 0) is 0 Å². The molecule has 0 fully saturated rings. The lowest BCUT2D eigenvalue weighted by Crippen LogP contribution is -2.12. The minimum Gasteiger partial charge on any atom is -0.320 e. The third-order valence-electron chi connectivity index (χ3n) is 1.74. The minimum absolute atomic E-state index is 0.247. The zero-order valence-corrected chi connectivity index (χ0v) is 7.79. The van der Waals surface area contributed by atoms with Crippen LogP contribution in [0.15, 0.2) is 43.2 Å². The Morgan fingerprint density at radius 3 is 2.60 bits per heavy atom. The monoisotopic (exact) mass is 200 g/mol. The van der Waals surface area contributed by atoms with E-state index >= 15 is 0 Å². The minimum atomic E-state index is -0.247. The maximum Gasteiger partial charge on any atom is 0.258 e. The van der Waals surface area contributed by atoms with Gasteiger partial charge in [0.15, 0.2) is 0 Å². The number of amides is 1. The molecule has 0 saturated carbocycles. The number of hydrogen-bond acceptors (Lipinski definition) is 4.